The SMILES string of the molecule is CNCc1ccc(S(=O)(=O)NC2CC(C)CC(C)C2)s1. The minimum atomic E-state index is -3.36. The number of hydrogen-bond donors (Lipinski definition) is 2. The summed E-state index contributed by atoms with van der Waals surface area (Å²) >= 11 is 1.34. The highest BCUT2D eigenvalue weighted by molar-refractivity contribution is 7.91. The van der Waals surface area contributed by atoms with E-state index in [0.29, 0.717) is 22.6 Å². The number of hydrogen-bond acceptors (Lipinski definition) is 4. The van der Waals surface area contributed by atoms with Crippen LogP contribution < -0.4 is 10.0 Å². The zero-order chi connectivity index (χ0) is 14.8. The van der Waals surface area contributed by atoms with Crippen LogP contribution in [0.15, 0.2) is 16.3 Å². The Morgan fingerprint density at radius 2 is 1.85 bits per heavy atom. The first kappa shape index (κ1) is 15.9. The summed E-state index contributed by atoms with van der Waals surface area (Å²) in [6, 6.07) is 3.66. The lowest BCUT2D eigenvalue weighted by atomic mass is 9.81. The van der Waals surface area contributed by atoms with Crippen molar-refractivity contribution >= 4 is 21.4 Å². The van der Waals surface area contributed by atoms with Gasteiger partial charge in [-0.3, -0.25) is 0 Å². The van der Waals surface area contributed by atoms with Gasteiger partial charge in [-0.25, -0.2) is 13.1 Å². The molecular formula is C14H24N2O2S2. The summed E-state index contributed by atoms with van der Waals surface area (Å²) in [5, 5.41) is 3.04. The number of thiophene rings is 1. The van der Waals surface area contributed by atoms with E-state index in [1.807, 2.05) is 13.1 Å². The van der Waals surface area contributed by atoms with Gasteiger partial charge in [0.2, 0.25) is 10.0 Å². The van der Waals surface area contributed by atoms with E-state index < -0.39 is 10.0 Å². The van der Waals surface area contributed by atoms with Gasteiger partial charge in [-0.2, -0.15) is 0 Å². The van der Waals surface area contributed by atoms with Crippen LogP contribution >= 0.6 is 11.3 Å². The normalized spacial score (nSPS) is 27.6. The quantitative estimate of drug-likeness (QED) is 0.878. The summed E-state index contributed by atoms with van der Waals surface area (Å²) in [7, 11) is -1.51. The van der Waals surface area contributed by atoms with Crippen LogP contribution in [0.1, 0.15) is 38.0 Å². The van der Waals surface area contributed by atoms with Crippen LogP contribution in [0.4, 0.5) is 0 Å². The summed E-state index contributed by atoms with van der Waals surface area (Å²) in [6.07, 6.45) is 3.08. The van der Waals surface area contributed by atoms with Crippen LogP contribution in [0.2, 0.25) is 0 Å². The van der Waals surface area contributed by atoms with Crippen LogP contribution in [-0.2, 0) is 16.6 Å². The maximum atomic E-state index is 12.4. The molecule has 2 N–H and O–H groups in total. The van der Waals surface area contributed by atoms with Gasteiger partial charge in [0.1, 0.15) is 4.21 Å². The van der Waals surface area contributed by atoms with Crippen molar-refractivity contribution in [3.8, 4) is 0 Å². The predicted octanol–water partition coefficient (Wildman–Crippen LogP) is 2.57. The highest BCUT2D eigenvalue weighted by Crippen LogP contribution is 2.30. The molecule has 2 unspecified atom stereocenters. The minimum Gasteiger partial charge on any atom is -0.315 e. The molecule has 0 aromatic carbocycles. The monoisotopic (exact) mass is 316 g/mol. The Balaban J connectivity index is 2.06. The van der Waals surface area contributed by atoms with E-state index in [-0.39, 0.29) is 6.04 Å². The van der Waals surface area contributed by atoms with E-state index in [1.165, 1.54) is 17.8 Å². The van der Waals surface area contributed by atoms with Gasteiger partial charge >= 0.3 is 0 Å². The van der Waals surface area contributed by atoms with Crippen LogP contribution in [0.3, 0.4) is 0 Å². The molecule has 1 aliphatic carbocycles. The topological polar surface area (TPSA) is 58.2 Å². The Bertz CT molecular complexity index is 529. The molecule has 2 rings (SSSR count). The van der Waals surface area contributed by atoms with E-state index in [4.69, 9.17) is 0 Å². The lowest BCUT2D eigenvalue weighted by Gasteiger charge is -2.31. The van der Waals surface area contributed by atoms with Crippen molar-refractivity contribution in [2.75, 3.05) is 7.05 Å². The van der Waals surface area contributed by atoms with Crippen molar-refractivity contribution in [1.29, 1.82) is 0 Å². The first-order valence-electron chi connectivity index (χ1n) is 7.16. The van der Waals surface area contributed by atoms with Gasteiger partial charge in [0, 0.05) is 17.5 Å². The number of nitrogens with one attached hydrogen (secondary N) is 2. The lowest BCUT2D eigenvalue weighted by molar-refractivity contribution is 0.258. The molecule has 1 fully saturated rings. The van der Waals surface area contributed by atoms with Gasteiger partial charge in [-0.1, -0.05) is 13.8 Å². The first-order chi connectivity index (χ1) is 9.40. The molecule has 1 saturated carbocycles. The summed E-state index contributed by atoms with van der Waals surface area (Å²) < 4.78 is 28.1. The Labute approximate surface area is 126 Å². The van der Waals surface area contributed by atoms with Gasteiger partial charge in [0.15, 0.2) is 0 Å². The van der Waals surface area contributed by atoms with Crippen LogP contribution in [0.25, 0.3) is 0 Å². The molecule has 4 nitrogen and oxygen atoms in total. The molecule has 0 bridgehead atoms. The zero-order valence-corrected chi connectivity index (χ0v) is 14.0. The van der Waals surface area contributed by atoms with Crippen molar-refractivity contribution in [2.24, 2.45) is 11.8 Å². The van der Waals surface area contributed by atoms with E-state index in [9.17, 15) is 8.42 Å². The molecule has 0 saturated heterocycles. The van der Waals surface area contributed by atoms with Crippen molar-refractivity contribution in [2.45, 2.75) is 49.9 Å². The second-order valence-electron chi connectivity index (χ2n) is 5.99. The molecule has 1 heterocycles. The molecule has 1 aliphatic rings. The number of sulfonamides is 1. The van der Waals surface area contributed by atoms with Crippen molar-refractivity contribution < 1.29 is 8.42 Å². The molecule has 114 valence electrons. The van der Waals surface area contributed by atoms with Crippen molar-refractivity contribution in [1.82, 2.24) is 10.0 Å². The Hall–Kier alpha value is -0.430. The highest BCUT2D eigenvalue weighted by Gasteiger charge is 2.28. The molecule has 0 spiro atoms. The molecule has 0 amide bonds. The van der Waals surface area contributed by atoms with Gasteiger partial charge in [-0.05, 0) is 50.3 Å². The van der Waals surface area contributed by atoms with Crippen molar-refractivity contribution in [3.63, 3.8) is 0 Å². The maximum Gasteiger partial charge on any atom is 0.250 e. The Morgan fingerprint density at radius 3 is 2.45 bits per heavy atom. The van der Waals surface area contributed by atoms with Crippen LogP contribution in [0, 0.1) is 11.8 Å². The summed E-state index contributed by atoms with van der Waals surface area (Å²) in [5.41, 5.74) is 0. The summed E-state index contributed by atoms with van der Waals surface area (Å²) in [5.74, 6) is 1.18. The molecule has 0 aliphatic heterocycles. The van der Waals surface area contributed by atoms with Crippen LogP contribution in [-0.4, -0.2) is 21.5 Å². The highest BCUT2D eigenvalue weighted by atomic mass is 32.2. The molecule has 2 atom stereocenters. The molecule has 20 heavy (non-hydrogen) atoms. The standard InChI is InChI=1S/C14H24N2O2S2/c1-10-6-11(2)8-12(7-10)16-20(17,18)14-5-4-13(19-14)9-15-3/h4-5,10-12,15-16H,6-9H2,1-3H3. The van der Waals surface area contributed by atoms with Gasteiger partial charge in [-0.15, -0.1) is 11.3 Å². The average Bonchev–Trinajstić information content (AvgIpc) is 2.76. The van der Waals surface area contributed by atoms with Crippen LogP contribution in [0.5, 0.6) is 0 Å². The van der Waals surface area contributed by atoms with E-state index >= 15 is 0 Å². The zero-order valence-electron chi connectivity index (χ0n) is 12.3. The third-order valence-electron chi connectivity index (χ3n) is 3.75. The Kier molecular flexibility index (Phi) is 5.23. The maximum absolute atomic E-state index is 12.4. The fourth-order valence-corrected chi connectivity index (χ4v) is 5.74. The second-order valence-corrected chi connectivity index (χ2v) is 9.10. The molecule has 0 radical (unpaired) electrons. The average molecular weight is 316 g/mol. The molecule has 1 aromatic heterocycles. The second kappa shape index (κ2) is 6.56. The Morgan fingerprint density at radius 1 is 1.20 bits per heavy atom. The van der Waals surface area contributed by atoms with Gasteiger partial charge in [0.25, 0.3) is 0 Å². The first-order valence-corrected chi connectivity index (χ1v) is 9.46. The van der Waals surface area contributed by atoms with Gasteiger partial charge in [0.05, 0.1) is 0 Å². The summed E-state index contributed by atoms with van der Waals surface area (Å²) in [6.45, 7) is 5.11. The minimum absolute atomic E-state index is 0.0774. The smallest absolute Gasteiger partial charge is 0.250 e. The number of rotatable bonds is 5. The van der Waals surface area contributed by atoms with Crippen molar-refractivity contribution in [3.05, 3.63) is 17.0 Å². The lowest BCUT2D eigenvalue weighted by Crippen LogP contribution is -2.39. The fourth-order valence-electron chi connectivity index (χ4n) is 3.09. The largest absolute Gasteiger partial charge is 0.315 e. The van der Waals surface area contributed by atoms with Gasteiger partial charge < -0.3 is 5.32 Å². The summed E-state index contributed by atoms with van der Waals surface area (Å²) in [4.78, 5) is 1.04. The third-order valence-corrected chi connectivity index (χ3v) is 6.85. The fraction of sp³-hybridized carbons (Fsp3) is 0.714. The van der Waals surface area contributed by atoms with E-state index in [0.717, 1.165) is 17.7 Å². The molecule has 1 aromatic rings. The predicted molar refractivity (Wildman–Crippen MR) is 83.4 cm³/mol. The molecular weight excluding hydrogens is 292 g/mol. The third kappa shape index (κ3) is 4.04. The molecule has 6 heteroatoms. The van der Waals surface area contributed by atoms with E-state index in [2.05, 4.69) is 23.9 Å². The van der Waals surface area contributed by atoms with E-state index in [1.54, 1.807) is 6.07 Å².